The molecule has 0 bridgehead atoms. The van der Waals surface area contributed by atoms with Gasteiger partial charge in [0.2, 0.25) is 0 Å². The molecule has 0 saturated heterocycles. The van der Waals surface area contributed by atoms with Gasteiger partial charge >= 0.3 is 0 Å². The Balaban J connectivity index is 1.90. The first-order valence-corrected chi connectivity index (χ1v) is 6.40. The van der Waals surface area contributed by atoms with Gasteiger partial charge in [-0.15, -0.1) is 0 Å². The zero-order valence-corrected chi connectivity index (χ0v) is 9.54. The maximum absolute atomic E-state index is 11.8. The first-order chi connectivity index (χ1) is 7.84. The standard InChI is InChI=1S/C13H18N2O/c16-13-7-3-6-10-9(13)8-14-11-4-1-2-5-12(11)15-10/h8,11-12,15H,1-7H2. The highest BCUT2D eigenvalue weighted by molar-refractivity contribution is 6.14. The van der Waals surface area contributed by atoms with Gasteiger partial charge in [0.05, 0.1) is 11.6 Å². The Morgan fingerprint density at radius 3 is 3.00 bits per heavy atom. The van der Waals surface area contributed by atoms with Crippen LogP contribution in [0.15, 0.2) is 16.3 Å². The average Bonchev–Trinajstić information content (AvgIpc) is 2.48. The molecule has 0 aromatic heterocycles. The van der Waals surface area contributed by atoms with Crippen molar-refractivity contribution >= 4 is 12.0 Å². The summed E-state index contributed by atoms with van der Waals surface area (Å²) in [6.07, 6.45) is 9.50. The molecule has 1 aliphatic heterocycles. The maximum Gasteiger partial charge on any atom is 0.166 e. The molecule has 3 aliphatic rings. The Kier molecular flexibility index (Phi) is 2.54. The lowest BCUT2D eigenvalue weighted by atomic mass is 9.90. The molecule has 3 rings (SSSR count). The van der Waals surface area contributed by atoms with E-state index in [9.17, 15) is 4.79 Å². The zero-order valence-electron chi connectivity index (χ0n) is 9.54. The number of ketones is 1. The summed E-state index contributed by atoms with van der Waals surface area (Å²) in [6.45, 7) is 0. The van der Waals surface area contributed by atoms with Gasteiger partial charge in [0.15, 0.2) is 5.78 Å². The van der Waals surface area contributed by atoms with Crippen LogP contribution in [0, 0.1) is 0 Å². The maximum atomic E-state index is 11.8. The second-order valence-corrected chi connectivity index (χ2v) is 5.05. The first kappa shape index (κ1) is 10.1. The van der Waals surface area contributed by atoms with Crippen LogP contribution >= 0.6 is 0 Å². The predicted molar refractivity (Wildman–Crippen MR) is 63.6 cm³/mol. The summed E-state index contributed by atoms with van der Waals surface area (Å²) >= 11 is 0. The van der Waals surface area contributed by atoms with Gasteiger partial charge in [0, 0.05) is 24.4 Å². The predicted octanol–water partition coefficient (Wildman–Crippen LogP) is 1.98. The lowest BCUT2D eigenvalue weighted by molar-refractivity contribution is -0.115. The first-order valence-electron chi connectivity index (χ1n) is 6.40. The lowest BCUT2D eigenvalue weighted by Gasteiger charge is -2.30. The highest BCUT2D eigenvalue weighted by atomic mass is 16.1. The van der Waals surface area contributed by atoms with Crippen molar-refractivity contribution in [2.45, 2.75) is 57.0 Å². The van der Waals surface area contributed by atoms with E-state index < -0.39 is 0 Å². The molecule has 16 heavy (non-hydrogen) atoms. The number of allylic oxidation sites excluding steroid dienone is 2. The third kappa shape index (κ3) is 1.68. The summed E-state index contributed by atoms with van der Waals surface area (Å²) < 4.78 is 0. The topological polar surface area (TPSA) is 41.5 Å². The third-order valence-corrected chi connectivity index (χ3v) is 3.94. The SMILES string of the molecule is O=C1CCCC2=C1C=NC1CCCCC1N2. The van der Waals surface area contributed by atoms with E-state index in [0.717, 1.165) is 24.1 Å². The van der Waals surface area contributed by atoms with Crippen molar-refractivity contribution in [3.8, 4) is 0 Å². The number of Topliss-reactive ketones (excluding diaryl/α,β-unsaturated/α-hetero) is 1. The monoisotopic (exact) mass is 218 g/mol. The van der Waals surface area contributed by atoms with E-state index in [0.29, 0.717) is 18.5 Å². The van der Waals surface area contributed by atoms with E-state index in [-0.39, 0.29) is 5.78 Å². The third-order valence-electron chi connectivity index (χ3n) is 3.94. The number of hydrogen-bond acceptors (Lipinski definition) is 3. The number of rotatable bonds is 0. The van der Waals surface area contributed by atoms with Crippen molar-refractivity contribution < 1.29 is 4.79 Å². The van der Waals surface area contributed by atoms with Crippen LogP contribution in [0.5, 0.6) is 0 Å². The number of carbonyl (C=O) groups excluding carboxylic acids is 1. The fourth-order valence-corrected chi connectivity index (χ4v) is 3.02. The highest BCUT2D eigenvalue weighted by Gasteiger charge is 2.30. The van der Waals surface area contributed by atoms with Gasteiger partial charge in [-0.05, 0) is 25.7 Å². The van der Waals surface area contributed by atoms with Crippen LogP contribution in [0.3, 0.4) is 0 Å². The van der Waals surface area contributed by atoms with Crippen LogP contribution in [0.25, 0.3) is 0 Å². The molecule has 2 atom stereocenters. The molecule has 3 nitrogen and oxygen atoms in total. The summed E-state index contributed by atoms with van der Waals surface area (Å²) in [4.78, 5) is 16.4. The summed E-state index contributed by atoms with van der Waals surface area (Å²) in [6, 6.07) is 0.871. The lowest BCUT2D eigenvalue weighted by Crippen LogP contribution is -2.40. The highest BCUT2D eigenvalue weighted by Crippen LogP contribution is 2.28. The molecule has 2 aliphatic carbocycles. The van der Waals surface area contributed by atoms with Crippen molar-refractivity contribution in [2.24, 2.45) is 4.99 Å². The largest absolute Gasteiger partial charge is 0.383 e. The van der Waals surface area contributed by atoms with E-state index in [1.807, 2.05) is 6.21 Å². The van der Waals surface area contributed by atoms with Crippen molar-refractivity contribution in [1.29, 1.82) is 0 Å². The van der Waals surface area contributed by atoms with Crippen molar-refractivity contribution in [3.05, 3.63) is 11.3 Å². The molecule has 1 N–H and O–H groups in total. The van der Waals surface area contributed by atoms with E-state index >= 15 is 0 Å². The van der Waals surface area contributed by atoms with Crippen LogP contribution in [0.1, 0.15) is 44.9 Å². The normalized spacial score (nSPS) is 33.9. The van der Waals surface area contributed by atoms with E-state index in [2.05, 4.69) is 10.3 Å². The van der Waals surface area contributed by atoms with Crippen LogP contribution in [-0.4, -0.2) is 24.1 Å². The minimum Gasteiger partial charge on any atom is -0.383 e. The molecular formula is C13H18N2O. The van der Waals surface area contributed by atoms with Crippen LogP contribution < -0.4 is 5.32 Å². The summed E-state index contributed by atoms with van der Waals surface area (Å²) in [5, 5.41) is 3.58. The number of carbonyl (C=O) groups is 1. The second kappa shape index (κ2) is 4.04. The fourth-order valence-electron chi connectivity index (χ4n) is 3.02. The van der Waals surface area contributed by atoms with Crippen LogP contribution in [0.4, 0.5) is 0 Å². The van der Waals surface area contributed by atoms with Crippen molar-refractivity contribution in [3.63, 3.8) is 0 Å². The number of nitrogens with one attached hydrogen (secondary N) is 1. The molecular weight excluding hydrogens is 200 g/mol. The molecule has 0 radical (unpaired) electrons. The molecule has 0 aromatic carbocycles. The molecule has 1 fully saturated rings. The summed E-state index contributed by atoms with van der Waals surface area (Å²) in [5.41, 5.74) is 2.02. The number of hydrogen-bond donors (Lipinski definition) is 1. The van der Waals surface area contributed by atoms with E-state index in [1.54, 1.807) is 0 Å². The van der Waals surface area contributed by atoms with Gasteiger partial charge in [-0.1, -0.05) is 12.8 Å². The fraction of sp³-hybridized carbons (Fsp3) is 0.692. The molecule has 86 valence electrons. The summed E-state index contributed by atoms with van der Waals surface area (Å²) in [7, 11) is 0. The Hall–Kier alpha value is -1.12. The average molecular weight is 218 g/mol. The van der Waals surface area contributed by atoms with Gasteiger partial charge in [0.1, 0.15) is 0 Å². The number of nitrogens with zero attached hydrogens (tertiary/aromatic N) is 1. The molecule has 1 heterocycles. The van der Waals surface area contributed by atoms with Gasteiger partial charge in [0.25, 0.3) is 0 Å². The number of aliphatic imine (C=N–C) groups is 1. The second-order valence-electron chi connectivity index (χ2n) is 5.05. The Morgan fingerprint density at radius 1 is 1.19 bits per heavy atom. The van der Waals surface area contributed by atoms with Crippen LogP contribution in [0.2, 0.25) is 0 Å². The molecule has 1 saturated carbocycles. The Labute approximate surface area is 96.0 Å². The van der Waals surface area contributed by atoms with E-state index in [4.69, 9.17) is 0 Å². The smallest absolute Gasteiger partial charge is 0.166 e. The van der Waals surface area contributed by atoms with Gasteiger partial charge in [-0.25, -0.2) is 0 Å². The van der Waals surface area contributed by atoms with E-state index in [1.165, 1.54) is 25.7 Å². The molecule has 3 heteroatoms. The molecule has 2 unspecified atom stereocenters. The molecule has 0 spiro atoms. The minimum atomic E-state index is 0.274. The molecule has 0 amide bonds. The van der Waals surface area contributed by atoms with Crippen molar-refractivity contribution in [1.82, 2.24) is 5.32 Å². The van der Waals surface area contributed by atoms with Gasteiger partial charge < -0.3 is 5.32 Å². The van der Waals surface area contributed by atoms with Crippen molar-refractivity contribution in [2.75, 3.05) is 0 Å². The number of fused-ring (bicyclic) bond motifs is 1. The Morgan fingerprint density at radius 2 is 2.06 bits per heavy atom. The molecule has 0 aromatic rings. The zero-order chi connectivity index (χ0) is 11.0. The van der Waals surface area contributed by atoms with Crippen LogP contribution in [-0.2, 0) is 4.79 Å². The summed E-state index contributed by atoms with van der Waals surface area (Å²) in [5.74, 6) is 0.274. The Bertz CT molecular complexity index is 370. The van der Waals surface area contributed by atoms with Gasteiger partial charge in [-0.2, -0.15) is 0 Å². The van der Waals surface area contributed by atoms with Gasteiger partial charge in [-0.3, -0.25) is 9.79 Å². The quantitative estimate of drug-likeness (QED) is 0.675. The minimum absolute atomic E-state index is 0.274.